The summed E-state index contributed by atoms with van der Waals surface area (Å²) in [6.07, 6.45) is 2.11. The van der Waals surface area contributed by atoms with Gasteiger partial charge in [0.2, 0.25) is 5.91 Å². The molecule has 0 atom stereocenters. The predicted octanol–water partition coefficient (Wildman–Crippen LogP) is -0.0954. The van der Waals surface area contributed by atoms with Gasteiger partial charge in [-0.05, 0) is 12.0 Å². The minimum atomic E-state index is -0.981. The van der Waals surface area contributed by atoms with Gasteiger partial charge >= 0.3 is 65.1 Å². The maximum atomic E-state index is 10.5. The Hall–Kier alpha value is 0.420. The van der Waals surface area contributed by atoms with Gasteiger partial charge in [0.05, 0.1) is 0 Å². The first kappa shape index (κ1) is 25.3. The molecular formula is C10H19NNa2O3. The summed E-state index contributed by atoms with van der Waals surface area (Å²) in [6, 6.07) is 0. The van der Waals surface area contributed by atoms with Crippen LogP contribution in [0.3, 0.4) is 0 Å². The van der Waals surface area contributed by atoms with Crippen molar-refractivity contribution in [3.8, 4) is 0 Å². The normalized spacial score (nSPS) is 7.19. The molecule has 0 aromatic rings. The van der Waals surface area contributed by atoms with Gasteiger partial charge < -0.3 is 10.4 Å². The quantitative estimate of drug-likeness (QED) is 0.539. The van der Waals surface area contributed by atoms with Gasteiger partial charge in [0, 0.05) is 12.6 Å². The summed E-state index contributed by atoms with van der Waals surface area (Å²) in [5.74, 6) is -0.567. The second kappa shape index (κ2) is 17.8. The molecule has 2 N–H and O–H groups in total. The Morgan fingerprint density at radius 1 is 1.25 bits per heavy atom. The zero-order chi connectivity index (χ0) is 11.6. The Balaban J connectivity index is -0.0000000904. The van der Waals surface area contributed by atoms with Crippen LogP contribution in [0.4, 0.5) is 0 Å². The molecule has 0 aromatic carbocycles. The van der Waals surface area contributed by atoms with E-state index in [1.165, 1.54) is 6.08 Å². The minimum absolute atomic E-state index is 0. The van der Waals surface area contributed by atoms with Gasteiger partial charge in [-0.25, -0.2) is 4.79 Å². The predicted molar refractivity (Wildman–Crippen MR) is 70.2 cm³/mol. The van der Waals surface area contributed by atoms with Gasteiger partial charge in [-0.3, -0.25) is 4.79 Å². The third kappa shape index (κ3) is 29.3. The van der Waals surface area contributed by atoms with Crippen LogP contribution >= 0.6 is 0 Å². The number of rotatable bonds is 4. The molecule has 0 radical (unpaired) electrons. The van der Waals surface area contributed by atoms with E-state index in [4.69, 9.17) is 5.11 Å². The van der Waals surface area contributed by atoms with Crippen LogP contribution in [-0.4, -0.2) is 82.6 Å². The molecule has 0 saturated heterocycles. The average Bonchev–Trinajstić information content (AvgIpc) is 2.14. The summed E-state index contributed by atoms with van der Waals surface area (Å²) in [4.78, 5) is 19.7. The summed E-state index contributed by atoms with van der Waals surface area (Å²) < 4.78 is 0. The van der Waals surface area contributed by atoms with E-state index in [9.17, 15) is 9.59 Å². The Labute approximate surface area is 141 Å². The van der Waals surface area contributed by atoms with Crippen molar-refractivity contribution >= 4 is 71.0 Å². The third-order valence-corrected chi connectivity index (χ3v) is 1.04. The van der Waals surface area contributed by atoms with E-state index in [2.05, 4.69) is 18.5 Å². The number of carboxylic acid groups (broad SMARTS) is 1. The molecule has 84 valence electrons. The van der Waals surface area contributed by atoms with Crippen LogP contribution in [0.15, 0.2) is 25.3 Å². The van der Waals surface area contributed by atoms with E-state index in [-0.39, 0.29) is 65.0 Å². The van der Waals surface area contributed by atoms with Crippen LogP contribution in [0.25, 0.3) is 0 Å². The molecule has 6 heteroatoms. The summed E-state index contributed by atoms with van der Waals surface area (Å²) >= 11 is 0. The molecule has 0 aliphatic rings. The average molecular weight is 247 g/mol. The molecule has 16 heavy (non-hydrogen) atoms. The molecule has 0 aliphatic heterocycles. The Morgan fingerprint density at radius 2 is 1.62 bits per heavy atom. The van der Waals surface area contributed by atoms with Crippen molar-refractivity contribution in [1.29, 1.82) is 0 Å². The van der Waals surface area contributed by atoms with E-state index in [1.807, 2.05) is 13.8 Å². The van der Waals surface area contributed by atoms with E-state index >= 15 is 0 Å². The summed E-state index contributed by atoms with van der Waals surface area (Å²) in [5.41, 5.74) is 0. The fourth-order valence-corrected chi connectivity index (χ4v) is 0.377. The molecule has 0 unspecified atom stereocenters. The Morgan fingerprint density at radius 3 is 1.81 bits per heavy atom. The van der Waals surface area contributed by atoms with Crippen molar-refractivity contribution in [3.05, 3.63) is 25.3 Å². The molecule has 0 spiro atoms. The molecule has 0 aromatic heterocycles. The number of aliphatic carboxylic acids is 1. The third-order valence-electron chi connectivity index (χ3n) is 1.04. The monoisotopic (exact) mass is 247 g/mol. The number of nitrogens with one attached hydrogen (secondary N) is 1. The van der Waals surface area contributed by atoms with Gasteiger partial charge in [-0.15, -0.1) is 0 Å². The second-order valence-electron chi connectivity index (χ2n) is 2.89. The molecule has 0 heterocycles. The SMILES string of the molecule is C=CC(=O)NCC(C)C.C=CC(=O)O.[NaH].[NaH]. The first-order valence-electron chi connectivity index (χ1n) is 4.19. The van der Waals surface area contributed by atoms with Crippen molar-refractivity contribution in [1.82, 2.24) is 5.32 Å². The van der Waals surface area contributed by atoms with Crippen molar-refractivity contribution in [2.45, 2.75) is 13.8 Å². The summed E-state index contributed by atoms with van der Waals surface area (Å²) in [5, 5.41) is 10.3. The topological polar surface area (TPSA) is 66.4 Å². The van der Waals surface area contributed by atoms with Crippen molar-refractivity contribution in [2.75, 3.05) is 6.54 Å². The summed E-state index contributed by atoms with van der Waals surface area (Å²) in [7, 11) is 0. The van der Waals surface area contributed by atoms with Gasteiger partial charge in [-0.2, -0.15) is 0 Å². The number of amides is 1. The first-order chi connectivity index (χ1) is 6.43. The van der Waals surface area contributed by atoms with Crippen molar-refractivity contribution in [2.24, 2.45) is 5.92 Å². The van der Waals surface area contributed by atoms with Gasteiger partial charge in [0.25, 0.3) is 0 Å². The molecule has 4 nitrogen and oxygen atoms in total. The molecule has 0 bridgehead atoms. The van der Waals surface area contributed by atoms with E-state index in [0.29, 0.717) is 5.92 Å². The van der Waals surface area contributed by atoms with Gasteiger partial charge in [-0.1, -0.05) is 27.0 Å². The van der Waals surface area contributed by atoms with Crippen LogP contribution in [-0.2, 0) is 9.59 Å². The number of hydrogen-bond donors (Lipinski definition) is 2. The Kier molecular flexibility index (Phi) is 28.2. The maximum absolute atomic E-state index is 10.5. The van der Waals surface area contributed by atoms with Crippen LogP contribution < -0.4 is 5.32 Å². The van der Waals surface area contributed by atoms with Gasteiger partial charge in [0.1, 0.15) is 0 Å². The Bertz CT molecular complexity index is 218. The number of hydrogen-bond acceptors (Lipinski definition) is 2. The molecule has 0 aliphatic carbocycles. The van der Waals surface area contributed by atoms with Crippen molar-refractivity contribution in [3.63, 3.8) is 0 Å². The first-order valence-corrected chi connectivity index (χ1v) is 4.19. The molecule has 1 amide bonds. The van der Waals surface area contributed by atoms with Crippen LogP contribution in [0.1, 0.15) is 13.8 Å². The van der Waals surface area contributed by atoms with Crippen LogP contribution in [0.2, 0.25) is 0 Å². The summed E-state index contributed by atoms with van der Waals surface area (Å²) in [6.45, 7) is 11.1. The zero-order valence-corrected chi connectivity index (χ0v) is 8.62. The molecular weight excluding hydrogens is 228 g/mol. The number of carbonyl (C=O) groups excluding carboxylic acids is 1. The van der Waals surface area contributed by atoms with Crippen LogP contribution in [0, 0.1) is 5.92 Å². The number of carbonyl (C=O) groups is 2. The van der Waals surface area contributed by atoms with E-state index < -0.39 is 5.97 Å². The molecule has 0 saturated carbocycles. The fourth-order valence-electron chi connectivity index (χ4n) is 0.377. The van der Waals surface area contributed by atoms with Gasteiger partial charge in [0.15, 0.2) is 0 Å². The fraction of sp³-hybridized carbons (Fsp3) is 0.400. The van der Waals surface area contributed by atoms with Crippen molar-refractivity contribution < 1.29 is 14.7 Å². The second-order valence-corrected chi connectivity index (χ2v) is 2.89. The van der Waals surface area contributed by atoms with E-state index in [0.717, 1.165) is 12.6 Å². The zero-order valence-electron chi connectivity index (χ0n) is 8.62. The standard InChI is InChI=1S/C7H13NO.C3H4O2.2Na.2H/c1-4-7(9)8-5-6(2)3;1-2-3(4)5;;;;/h4,6H,1,5H2,2-3H3,(H,8,9);2H,1H2,(H,4,5);;;;. The number of carboxylic acids is 1. The molecule has 0 rings (SSSR count). The van der Waals surface area contributed by atoms with Crippen LogP contribution in [0.5, 0.6) is 0 Å². The van der Waals surface area contributed by atoms with E-state index in [1.54, 1.807) is 0 Å². The molecule has 0 fully saturated rings.